The Balaban J connectivity index is 0.00000220. The Morgan fingerprint density at radius 1 is 1.19 bits per heavy atom. The highest BCUT2D eigenvalue weighted by atomic mass is 35.5. The zero-order valence-electron chi connectivity index (χ0n) is 11.7. The van der Waals surface area contributed by atoms with E-state index in [1.54, 1.807) is 4.68 Å². The second-order valence-electron chi connectivity index (χ2n) is 4.31. The normalized spacial score (nSPS) is 11.1. The smallest absolute Gasteiger partial charge is 0.243 e. The Labute approximate surface area is 131 Å². The first kappa shape index (κ1) is 17.6. The van der Waals surface area contributed by atoms with E-state index in [1.165, 1.54) is 12.4 Å². The Morgan fingerprint density at radius 3 is 2.57 bits per heavy atom. The van der Waals surface area contributed by atoms with Gasteiger partial charge in [-0.25, -0.2) is 17.8 Å². The molecule has 0 fully saturated rings. The van der Waals surface area contributed by atoms with Crippen molar-refractivity contribution >= 4 is 22.4 Å². The summed E-state index contributed by atoms with van der Waals surface area (Å²) in [5.41, 5.74) is 0.823. The molecule has 0 atom stereocenters. The van der Waals surface area contributed by atoms with Gasteiger partial charge in [0.2, 0.25) is 10.0 Å². The molecule has 6 nitrogen and oxygen atoms in total. The summed E-state index contributed by atoms with van der Waals surface area (Å²) in [5, 5.41) is 7.05. The summed E-state index contributed by atoms with van der Waals surface area (Å²) in [6.07, 6.45) is 3.60. The lowest BCUT2D eigenvalue weighted by Crippen LogP contribution is -2.26. The lowest BCUT2D eigenvalue weighted by atomic mass is 10.3. The van der Waals surface area contributed by atoms with Crippen molar-refractivity contribution in [3.8, 4) is 5.69 Å². The first-order valence-corrected chi connectivity index (χ1v) is 7.86. The number of nitrogens with one attached hydrogen (secondary N) is 2. The molecule has 8 heteroatoms. The topological polar surface area (TPSA) is 76.0 Å². The van der Waals surface area contributed by atoms with Gasteiger partial charge in [0.05, 0.1) is 18.1 Å². The average molecular weight is 331 g/mol. The van der Waals surface area contributed by atoms with E-state index >= 15 is 0 Å². The zero-order chi connectivity index (χ0) is 14.4. The van der Waals surface area contributed by atoms with Crippen molar-refractivity contribution in [3.05, 3.63) is 42.7 Å². The number of aromatic nitrogens is 2. The fourth-order valence-corrected chi connectivity index (χ4v) is 2.73. The van der Waals surface area contributed by atoms with Gasteiger partial charge in [-0.15, -0.1) is 12.4 Å². The fourth-order valence-electron chi connectivity index (χ4n) is 1.72. The predicted molar refractivity (Wildman–Crippen MR) is 84.5 cm³/mol. The zero-order valence-corrected chi connectivity index (χ0v) is 13.3. The lowest BCUT2D eigenvalue weighted by Gasteiger charge is -2.04. The largest absolute Gasteiger partial charge is 0.320 e. The number of para-hydroxylation sites is 1. The third-order valence-electron chi connectivity index (χ3n) is 2.79. The van der Waals surface area contributed by atoms with Crippen LogP contribution in [-0.4, -0.2) is 38.3 Å². The minimum atomic E-state index is -3.49. The van der Waals surface area contributed by atoms with Crippen LogP contribution in [0.5, 0.6) is 0 Å². The van der Waals surface area contributed by atoms with E-state index < -0.39 is 10.0 Å². The van der Waals surface area contributed by atoms with E-state index in [0.717, 1.165) is 18.7 Å². The molecule has 0 saturated heterocycles. The highest BCUT2D eigenvalue weighted by Crippen LogP contribution is 2.11. The highest BCUT2D eigenvalue weighted by Gasteiger charge is 2.15. The molecule has 21 heavy (non-hydrogen) atoms. The van der Waals surface area contributed by atoms with Gasteiger partial charge in [-0.1, -0.05) is 18.2 Å². The number of sulfonamides is 1. The maximum Gasteiger partial charge on any atom is 0.243 e. The molecule has 0 amide bonds. The maximum absolute atomic E-state index is 12.1. The minimum Gasteiger partial charge on any atom is -0.320 e. The number of nitrogens with zero attached hydrogens (tertiary/aromatic N) is 2. The average Bonchev–Trinajstić information content (AvgIpc) is 2.95. The van der Waals surface area contributed by atoms with Gasteiger partial charge in [0.1, 0.15) is 4.90 Å². The first-order chi connectivity index (χ1) is 9.63. The number of benzene rings is 1. The molecule has 2 aromatic rings. The molecule has 0 aliphatic rings. The van der Waals surface area contributed by atoms with Crippen LogP contribution in [-0.2, 0) is 10.0 Å². The van der Waals surface area contributed by atoms with Gasteiger partial charge < -0.3 is 5.32 Å². The monoisotopic (exact) mass is 330 g/mol. The SMILES string of the molecule is CNCCCNS(=O)(=O)c1cnn(-c2ccccc2)c1.Cl. The van der Waals surface area contributed by atoms with Crippen LogP contribution in [0.1, 0.15) is 6.42 Å². The second kappa shape index (κ2) is 8.14. The van der Waals surface area contributed by atoms with Gasteiger partial charge in [0.25, 0.3) is 0 Å². The standard InChI is InChI=1S/C13H18N4O2S.ClH/c1-14-8-5-9-16-20(18,19)13-10-15-17(11-13)12-6-3-2-4-7-12;/h2-4,6-7,10-11,14,16H,5,8-9H2,1H3;1H. The van der Waals surface area contributed by atoms with Crippen LogP contribution in [0.25, 0.3) is 5.69 Å². The van der Waals surface area contributed by atoms with Gasteiger partial charge in [-0.05, 0) is 32.1 Å². The van der Waals surface area contributed by atoms with Crippen molar-refractivity contribution in [2.24, 2.45) is 0 Å². The number of rotatable bonds is 7. The van der Waals surface area contributed by atoms with Crippen molar-refractivity contribution in [2.45, 2.75) is 11.3 Å². The van der Waals surface area contributed by atoms with E-state index in [4.69, 9.17) is 0 Å². The van der Waals surface area contributed by atoms with E-state index in [1.807, 2.05) is 37.4 Å². The summed E-state index contributed by atoms with van der Waals surface area (Å²) >= 11 is 0. The van der Waals surface area contributed by atoms with E-state index in [9.17, 15) is 8.42 Å². The van der Waals surface area contributed by atoms with Crippen LogP contribution < -0.4 is 10.0 Å². The van der Waals surface area contributed by atoms with Crippen LogP contribution in [0.2, 0.25) is 0 Å². The number of halogens is 1. The fraction of sp³-hybridized carbons (Fsp3) is 0.308. The summed E-state index contributed by atoms with van der Waals surface area (Å²) in [5.74, 6) is 0. The van der Waals surface area contributed by atoms with Crippen LogP contribution in [0.4, 0.5) is 0 Å². The van der Waals surface area contributed by atoms with Gasteiger partial charge in [-0.3, -0.25) is 0 Å². The Morgan fingerprint density at radius 2 is 1.90 bits per heavy atom. The molecule has 0 aliphatic heterocycles. The summed E-state index contributed by atoms with van der Waals surface area (Å²) in [6.45, 7) is 1.17. The molecule has 1 heterocycles. The van der Waals surface area contributed by atoms with E-state index in [0.29, 0.717) is 6.54 Å². The Hall–Kier alpha value is -1.41. The third-order valence-corrected chi connectivity index (χ3v) is 4.20. The molecule has 1 aromatic heterocycles. The molecule has 0 bridgehead atoms. The molecular formula is C13H19ClN4O2S. The third kappa shape index (κ3) is 4.82. The summed E-state index contributed by atoms with van der Waals surface area (Å²) < 4.78 is 28.2. The molecule has 2 rings (SSSR count). The lowest BCUT2D eigenvalue weighted by molar-refractivity contribution is 0.577. The Bertz CT molecular complexity index is 643. The molecular weight excluding hydrogens is 312 g/mol. The van der Waals surface area contributed by atoms with Gasteiger partial charge in [0.15, 0.2) is 0 Å². The summed E-state index contributed by atoms with van der Waals surface area (Å²) in [4.78, 5) is 0.172. The van der Waals surface area contributed by atoms with Crippen LogP contribution in [0.3, 0.4) is 0 Å². The molecule has 0 aliphatic carbocycles. The van der Waals surface area contributed by atoms with Crippen molar-refractivity contribution < 1.29 is 8.42 Å². The summed E-state index contributed by atoms with van der Waals surface area (Å²) in [7, 11) is -1.66. The highest BCUT2D eigenvalue weighted by molar-refractivity contribution is 7.89. The van der Waals surface area contributed by atoms with Gasteiger partial charge in [0, 0.05) is 6.54 Å². The molecule has 0 spiro atoms. The first-order valence-electron chi connectivity index (χ1n) is 6.38. The van der Waals surface area contributed by atoms with Gasteiger partial charge in [-0.2, -0.15) is 5.10 Å². The van der Waals surface area contributed by atoms with Crippen LogP contribution in [0, 0.1) is 0 Å². The molecule has 0 unspecified atom stereocenters. The molecule has 0 saturated carbocycles. The molecule has 116 valence electrons. The van der Waals surface area contributed by atoms with E-state index in [-0.39, 0.29) is 17.3 Å². The van der Waals surface area contributed by atoms with Crippen molar-refractivity contribution in [1.82, 2.24) is 19.8 Å². The quantitative estimate of drug-likeness (QED) is 0.748. The minimum absolute atomic E-state index is 0. The molecule has 2 N–H and O–H groups in total. The van der Waals surface area contributed by atoms with E-state index in [2.05, 4.69) is 15.1 Å². The second-order valence-corrected chi connectivity index (χ2v) is 6.08. The summed E-state index contributed by atoms with van der Waals surface area (Å²) in [6, 6.07) is 9.38. The molecule has 0 radical (unpaired) electrons. The van der Waals surface area contributed by atoms with Crippen molar-refractivity contribution in [2.75, 3.05) is 20.1 Å². The van der Waals surface area contributed by atoms with Crippen LogP contribution >= 0.6 is 12.4 Å². The van der Waals surface area contributed by atoms with Crippen LogP contribution in [0.15, 0.2) is 47.6 Å². The number of hydrogen-bond acceptors (Lipinski definition) is 4. The van der Waals surface area contributed by atoms with Crippen molar-refractivity contribution in [1.29, 1.82) is 0 Å². The Kier molecular flexibility index (Phi) is 6.83. The van der Waals surface area contributed by atoms with Crippen molar-refractivity contribution in [3.63, 3.8) is 0 Å². The molecule has 1 aromatic carbocycles. The maximum atomic E-state index is 12.1. The number of hydrogen-bond donors (Lipinski definition) is 2. The predicted octanol–water partition coefficient (Wildman–Crippen LogP) is 1.18. The van der Waals surface area contributed by atoms with Gasteiger partial charge >= 0.3 is 0 Å².